The zero-order valence-electron chi connectivity index (χ0n) is 16.0. The number of likely N-dealkylation sites (tertiary alicyclic amines) is 1. The number of hydrogen-bond donors (Lipinski definition) is 1. The van der Waals surface area contributed by atoms with Crippen LogP contribution in [-0.2, 0) is 4.79 Å². The van der Waals surface area contributed by atoms with Crippen molar-refractivity contribution in [2.45, 2.75) is 18.9 Å². The molecule has 0 aromatic heterocycles. The Bertz CT molecular complexity index is 794. The van der Waals surface area contributed by atoms with E-state index in [1.165, 1.54) is 0 Å². The van der Waals surface area contributed by atoms with Crippen LogP contribution in [0.15, 0.2) is 42.5 Å². The van der Waals surface area contributed by atoms with E-state index in [-0.39, 0.29) is 11.9 Å². The minimum Gasteiger partial charge on any atom is -0.497 e. The minimum absolute atomic E-state index is 0.0618. The SMILES string of the molecule is COc1ccc(OC)c([C@@H]2CCCN2CC(=O)Nc2ccccc2OC)c1. The number of ether oxygens (including phenoxy) is 3. The highest BCUT2D eigenvalue weighted by atomic mass is 16.5. The first kappa shape index (κ1) is 19.0. The van der Waals surface area contributed by atoms with Crippen LogP contribution >= 0.6 is 0 Å². The van der Waals surface area contributed by atoms with E-state index in [2.05, 4.69) is 10.2 Å². The number of rotatable bonds is 7. The van der Waals surface area contributed by atoms with Crippen LogP contribution in [0.4, 0.5) is 5.69 Å². The van der Waals surface area contributed by atoms with Gasteiger partial charge in [-0.05, 0) is 49.7 Å². The Kier molecular flexibility index (Phi) is 6.19. The fraction of sp³-hybridized carbons (Fsp3) is 0.381. The normalized spacial score (nSPS) is 16.8. The van der Waals surface area contributed by atoms with Crippen LogP contribution in [0.3, 0.4) is 0 Å². The van der Waals surface area contributed by atoms with Gasteiger partial charge in [0.05, 0.1) is 33.6 Å². The van der Waals surface area contributed by atoms with E-state index in [4.69, 9.17) is 14.2 Å². The Morgan fingerprint density at radius 3 is 2.59 bits per heavy atom. The van der Waals surface area contributed by atoms with Gasteiger partial charge in [-0.15, -0.1) is 0 Å². The van der Waals surface area contributed by atoms with Crippen molar-refractivity contribution in [3.05, 3.63) is 48.0 Å². The van der Waals surface area contributed by atoms with Crippen molar-refractivity contribution in [3.63, 3.8) is 0 Å². The molecule has 6 nitrogen and oxygen atoms in total. The summed E-state index contributed by atoms with van der Waals surface area (Å²) in [5.41, 5.74) is 1.74. The molecule has 1 saturated heterocycles. The highest BCUT2D eigenvalue weighted by Gasteiger charge is 2.30. The average Bonchev–Trinajstić information content (AvgIpc) is 3.15. The number of para-hydroxylation sites is 2. The molecule has 3 rings (SSSR count). The van der Waals surface area contributed by atoms with Gasteiger partial charge in [-0.1, -0.05) is 12.1 Å². The number of carbonyl (C=O) groups is 1. The van der Waals surface area contributed by atoms with E-state index in [9.17, 15) is 4.79 Å². The summed E-state index contributed by atoms with van der Waals surface area (Å²) < 4.78 is 16.2. The van der Waals surface area contributed by atoms with Crippen molar-refractivity contribution < 1.29 is 19.0 Å². The summed E-state index contributed by atoms with van der Waals surface area (Å²) >= 11 is 0. The van der Waals surface area contributed by atoms with Crippen molar-refractivity contribution in [1.82, 2.24) is 4.90 Å². The molecule has 1 atom stereocenters. The summed E-state index contributed by atoms with van der Waals surface area (Å²) in [7, 11) is 4.91. The van der Waals surface area contributed by atoms with Gasteiger partial charge < -0.3 is 19.5 Å². The van der Waals surface area contributed by atoms with Crippen molar-refractivity contribution >= 4 is 11.6 Å². The minimum atomic E-state index is -0.0618. The molecular weight excluding hydrogens is 344 g/mol. The molecule has 0 unspecified atom stereocenters. The number of carbonyl (C=O) groups excluding carboxylic acids is 1. The number of benzene rings is 2. The summed E-state index contributed by atoms with van der Waals surface area (Å²) in [6.45, 7) is 1.17. The van der Waals surface area contributed by atoms with Crippen LogP contribution in [0.1, 0.15) is 24.4 Å². The lowest BCUT2D eigenvalue weighted by atomic mass is 10.0. The van der Waals surface area contributed by atoms with E-state index in [0.29, 0.717) is 18.0 Å². The molecule has 1 heterocycles. The molecule has 0 spiro atoms. The lowest BCUT2D eigenvalue weighted by Crippen LogP contribution is -2.33. The average molecular weight is 370 g/mol. The smallest absolute Gasteiger partial charge is 0.238 e. The van der Waals surface area contributed by atoms with Gasteiger partial charge in [-0.3, -0.25) is 9.69 Å². The molecule has 1 aliphatic rings. The van der Waals surface area contributed by atoms with Crippen LogP contribution in [-0.4, -0.2) is 45.2 Å². The lowest BCUT2D eigenvalue weighted by Gasteiger charge is -2.26. The lowest BCUT2D eigenvalue weighted by molar-refractivity contribution is -0.117. The maximum atomic E-state index is 12.6. The van der Waals surface area contributed by atoms with E-state index >= 15 is 0 Å². The molecule has 2 aromatic carbocycles. The number of amides is 1. The molecule has 2 aromatic rings. The van der Waals surface area contributed by atoms with Crippen molar-refractivity contribution in [2.75, 3.05) is 39.7 Å². The maximum absolute atomic E-state index is 12.6. The van der Waals surface area contributed by atoms with Crippen molar-refractivity contribution in [2.24, 2.45) is 0 Å². The third kappa shape index (κ3) is 4.34. The van der Waals surface area contributed by atoms with Gasteiger partial charge in [0.25, 0.3) is 0 Å². The molecule has 27 heavy (non-hydrogen) atoms. The van der Waals surface area contributed by atoms with E-state index in [1.54, 1.807) is 21.3 Å². The van der Waals surface area contributed by atoms with Crippen LogP contribution in [0.5, 0.6) is 17.2 Å². The molecule has 6 heteroatoms. The third-order valence-electron chi connectivity index (χ3n) is 4.89. The van der Waals surface area contributed by atoms with Gasteiger partial charge in [0, 0.05) is 11.6 Å². The van der Waals surface area contributed by atoms with Gasteiger partial charge in [0.15, 0.2) is 0 Å². The van der Waals surface area contributed by atoms with Gasteiger partial charge in [-0.2, -0.15) is 0 Å². The highest BCUT2D eigenvalue weighted by molar-refractivity contribution is 5.93. The second-order valence-electron chi connectivity index (χ2n) is 6.48. The molecule has 144 valence electrons. The van der Waals surface area contributed by atoms with Crippen LogP contribution in [0.25, 0.3) is 0 Å². The summed E-state index contributed by atoms with van der Waals surface area (Å²) in [6, 6.07) is 13.3. The fourth-order valence-corrected chi connectivity index (χ4v) is 3.59. The Balaban J connectivity index is 1.74. The number of nitrogens with zero attached hydrogens (tertiary/aromatic N) is 1. The number of nitrogens with one attached hydrogen (secondary N) is 1. The summed E-state index contributed by atoms with van der Waals surface area (Å²) in [5, 5.41) is 2.95. The monoisotopic (exact) mass is 370 g/mol. The fourth-order valence-electron chi connectivity index (χ4n) is 3.59. The number of methoxy groups -OCH3 is 3. The molecule has 0 saturated carbocycles. The standard InChI is InChI=1S/C21H26N2O4/c1-25-15-10-11-19(26-2)16(13-15)18-8-6-12-23(18)14-21(24)22-17-7-4-5-9-20(17)27-3/h4-5,7,9-11,13,18H,6,8,12,14H2,1-3H3,(H,22,24)/t18-/m0/s1. The molecule has 0 bridgehead atoms. The second-order valence-corrected chi connectivity index (χ2v) is 6.48. The summed E-state index contributed by atoms with van der Waals surface area (Å²) in [5.74, 6) is 2.19. The van der Waals surface area contributed by atoms with E-state index < -0.39 is 0 Å². The first-order valence-corrected chi connectivity index (χ1v) is 9.05. The van der Waals surface area contributed by atoms with E-state index in [0.717, 1.165) is 36.4 Å². The summed E-state index contributed by atoms with van der Waals surface area (Å²) in [4.78, 5) is 14.8. The van der Waals surface area contributed by atoms with Crippen LogP contribution < -0.4 is 19.5 Å². The third-order valence-corrected chi connectivity index (χ3v) is 4.89. The molecule has 0 radical (unpaired) electrons. The topological polar surface area (TPSA) is 60.0 Å². The second kappa shape index (κ2) is 8.77. The van der Waals surface area contributed by atoms with Crippen molar-refractivity contribution in [3.8, 4) is 17.2 Å². The first-order chi connectivity index (χ1) is 13.2. The maximum Gasteiger partial charge on any atom is 0.238 e. The van der Waals surface area contributed by atoms with Crippen LogP contribution in [0.2, 0.25) is 0 Å². The van der Waals surface area contributed by atoms with Crippen molar-refractivity contribution in [1.29, 1.82) is 0 Å². The molecule has 1 amide bonds. The largest absolute Gasteiger partial charge is 0.497 e. The number of anilines is 1. The van der Waals surface area contributed by atoms with Gasteiger partial charge in [0.1, 0.15) is 17.2 Å². The molecule has 0 aliphatic carbocycles. The molecule has 1 fully saturated rings. The number of hydrogen-bond acceptors (Lipinski definition) is 5. The van der Waals surface area contributed by atoms with Crippen LogP contribution in [0, 0.1) is 0 Å². The van der Waals surface area contributed by atoms with Gasteiger partial charge in [-0.25, -0.2) is 0 Å². The predicted molar refractivity (Wildman–Crippen MR) is 105 cm³/mol. The Hall–Kier alpha value is -2.73. The Morgan fingerprint density at radius 1 is 1.07 bits per heavy atom. The quantitative estimate of drug-likeness (QED) is 0.808. The van der Waals surface area contributed by atoms with Gasteiger partial charge in [0.2, 0.25) is 5.91 Å². The summed E-state index contributed by atoms with van der Waals surface area (Å²) in [6.07, 6.45) is 2.01. The zero-order chi connectivity index (χ0) is 19.2. The zero-order valence-corrected chi connectivity index (χ0v) is 16.0. The van der Waals surface area contributed by atoms with E-state index in [1.807, 2.05) is 42.5 Å². The Labute approximate surface area is 160 Å². The molecule has 1 aliphatic heterocycles. The Morgan fingerprint density at radius 2 is 1.85 bits per heavy atom. The first-order valence-electron chi connectivity index (χ1n) is 9.05. The molecule has 1 N–H and O–H groups in total. The van der Waals surface area contributed by atoms with Gasteiger partial charge >= 0.3 is 0 Å². The predicted octanol–water partition coefficient (Wildman–Crippen LogP) is 3.49. The molecular formula is C21H26N2O4. The highest BCUT2D eigenvalue weighted by Crippen LogP contribution is 2.38.